The predicted molar refractivity (Wildman–Crippen MR) is 105 cm³/mol. The minimum Gasteiger partial charge on any atom is -0.484 e. The van der Waals surface area contributed by atoms with E-state index in [2.05, 4.69) is 0 Å². The van der Waals surface area contributed by atoms with E-state index in [1.54, 1.807) is 37.4 Å². The van der Waals surface area contributed by atoms with Gasteiger partial charge >= 0.3 is 5.63 Å². The van der Waals surface area contributed by atoms with Gasteiger partial charge in [-0.05, 0) is 29.7 Å². The van der Waals surface area contributed by atoms with Crippen LogP contribution in [0, 0.1) is 5.82 Å². The Bertz CT molecular complexity index is 1060. The summed E-state index contributed by atoms with van der Waals surface area (Å²) in [5.41, 5.74) is 1.33. The zero-order chi connectivity index (χ0) is 20.3. The third-order valence-electron chi connectivity index (χ3n) is 4.52. The first-order chi connectivity index (χ1) is 13.3. The molecule has 1 amide bonds. The topological polar surface area (TPSA) is 59.8 Å². The molecule has 0 spiro atoms. The van der Waals surface area contributed by atoms with Crippen LogP contribution in [0.25, 0.3) is 11.0 Å². The van der Waals surface area contributed by atoms with Crippen LogP contribution in [0.15, 0.2) is 57.7 Å². The van der Waals surface area contributed by atoms with Gasteiger partial charge < -0.3 is 14.1 Å². The van der Waals surface area contributed by atoms with Crippen molar-refractivity contribution in [2.45, 2.75) is 26.3 Å². The SMILES string of the molecule is CC(C)c1cc(=O)oc2cc(OCC(=O)N(C)Cc3ccccc3F)ccc12. The summed E-state index contributed by atoms with van der Waals surface area (Å²) in [6.07, 6.45) is 0. The Hall–Kier alpha value is -3.15. The van der Waals surface area contributed by atoms with E-state index in [1.807, 2.05) is 19.9 Å². The fourth-order valence-corrected chi connectivity index (χ4v) is 2.96. The molecule has 2 aromatic carbocycles. The van der Waals surface area contributed by atoms with Crippen LogP contribution in [0.4, 0.5) is 4.39 Å². The van der Waals surface area contributed by atoms with E-state index in [-0.39, 0.29) is 30.8 Å². The summed E-state index contributed by atoms with van der Waals surface area (Å²) in [7, 11) is 1.59. The largest absolute Gasteiger partial charge is 0.484 e. The number of hydrogen-bond acceptors (Lipinski definition) is 4. The lowest BCUT2D eigenvalue weighted by Crippen LogP contribution is -2.31. The molecule has 0 atom stereocenters. The number of rotatable bonds is 6. The molecule has 3 aromatic rings. The molecule has 5 nitrogen and oxygen atoms in total. The summed E-state index contributed by atoms with van der Waals surface area (Å²) in [6.45, 7) is 3.95. The van der Waals surface area contributed by atoms with E-state index >= 15 is 0 Å². The van der Waals surface area contributed by atoms with E-state index in [4.69, 9.17) is 9.15 Å². The Morgan fingerprint density at radius 3 is 2.64 bits per heavy atom. The molecule has 0 bridgehead atoms. The summed E-state index contributed by atoms with van der Waals surface area (Å²) >= 11 is 0. The molecule has 0 saturated carbocycles. The van der Waals surface area contributed by atoms with Gasteiger partial charge in [0.15, 0.2) is 6.61 Å². The van der Waals surface area contributed by atoms with Crippen molar-refractivity contribution >= 4 is 16.9 Å². The molecule has 0 aliphatic rings. The van der Waals surface area contributed by atoms with Crippen molar-refractivity contribution < 1.29 is 18.3 Å². The van der Waals surface area contributed by atoms with Gasteiger partial charge in [0.05, 0.1) is 0 Å². The maximum absolute atomic E-state index is 13.7. The Morgan fingerprint density at radius 1 is 1.18 bits per heavy atom. The van der Waals surface area contributed by atoms with E-state index in [0.29, 0.717) is 16.9 Å². The smallest absolute Gasteiger partial charge is 0.336 e. The summed E-state index contributed by atoms with van der Waals surface area (Å²) in [4.78, 5) is 25.5. The number of halogens is 1. The molecule has 1 heterocycles. The van der Waals surface area contributed by atoms with Crippen molar-refractivity contribution in [3.63, 3.8) is 0 Å². The molecule has 6 heteroatoms. The molecule has 0 fully saturated rings. The van der Waals surface area contributed by atoms with E-state index < -0.39 is 5.63 Å². The summed E-state index contributed by atoms with van der Waals surface area (Å²) in [5.74, 6) is -0.0505. The molecule has 0 aliphatic carbocycles. The van der Waals surface area contributed by atoms with Crippen molar-refractivity contribution in [2.24, 2.45) is 0 Å². The Kier molecular flexibility index (Phi) is 5.78. The third-order valence-corrected chi connectivity index (χ3v) is 4.52. The van der Waals surface area contributed by atoms with Crippen molar-refractivity contribution in [2.75, 3.05) is 13.7 Å². The van der Waals surface area contributed by atoms with Crippen molar-refractivity contribution in [1.82, 2.24) is 4.90 Å². The van der Waals surface area contributed by atoms with Crippen LogP contribution in [0.3, 0.4) is 0 Å². The number of carbonyl (C=O) groups is 1. The van der Waals surface area contributed by atoms with E-state index in [1.165, 1.54) is 17.0 Å². The van der Waals surface area contributed by atoms with Crippen LogP contribution in [0.1, 0.15) is 30.9 Å². The lowest BCUT2D eigenvalue weighted by atomic mass is 10.00. The summed E-state index contributed by atoms with van der Waals surface area (Å²) < 4.78 is 24.6. The molecular weight excluding hydrogens is 361 g/mol. The zero-order valence-electron chi connectivity index (χ0n) is 16.1. The second-order valence-corrected chi connectivity index (χ2v) is 6.96. The monoisotopic (exact) mass is 383 g/mol. The maximum atomic E-state index is 13.7. The van der Waals surface area contributed by atoms with E-state index in [9.17, 15) is 14.0 Å². The highest BCUT2D eigenvalue weighted by Gasteiger charge is 2.14. The third kappa shape index (κ3) is 4.39. The highest BCUT2D eigenvalue weighted by Crippen LogP contribution is 2.27. The summed E-state index contributed by atoms with van der Waals surface area (Å²) in [5, 5.41) is 0.838. The van der Waals surface area contributed by atoms with Crippen LogP contribution in [0.2, 0.25) is 0 Å². The van der Waals surface area contributed by atoms with Crippen LogP contribution >= 0.6 is 0 Å². The Morgan fingerprint density at radius 2 is 1.93 bits per heavy atom. The van der Waals surface area contributed by atoms with Gasteiger partial charge in [-0.2, -0.15) is 0 Å². The molecule has 0 N–H and O–H groups in total. The zero-order valence-corrected chi connectivity index (χ0v) is 16.1. The minimum atomic E-state index is -0.422. The number of benzene rings is 2. The van der Waals surface area contributed by atoms with E-state index in [0.717, 1.165) is 10.9 Å². The Balaban J connectivity index is 1.70. The fourth-order valence-electron chi connectivity index (χ4n) is 2.96. The highest BCUT2D eigenvalue weighted by atomic mass is 19.1. The Labute approximate surface area is 162 Å². The molecule has 1 aromatic heterocycles. The normalized spacial score (nSPS) is 11.0. The quantitative estimate of drug-likeness (QED) is 0.602. The number of fused-ring (bicyclic) bond motifs is 1. The van der Waals surface area contributed by atoms with Gasteiger partial charge in [-0.3, -0.25) is 4.79 Å². The molecule has 146 valence electrons. The molecule has 0 radical (unpaired) electrons. The standard InChI is InChI=1S/C22H22FNO4/c1-14(2)18-11-22(26)28-20-10-16(8-9-17(18)20)27-13-21(25)24(3)12-15-6-4-5-7-19(15)23/h4-11,14H,12-13H2,1-3H3. The minimum absolute atomic E-state index is 0.152. The number of hydrogen-bond donors (Lipinski definition) is 0. The number of likely N-dealkylation sites (N-methyl/N-ethyl adjacent to an activating group) is 1. The van der Waals surface area contributed by atoms with Crippen molar-refractivity contribution in [3.05, 3.63) is 75.9 Å². The van der Waals surface area contributed by atoms with Crippen molar-refractivity contribution in [1.29, 1.82) is 0 Å². The first-order valence-electron chi connectivity index (χ1n) is 9.03. The van der Waals surface area contributed by atoms with Gasteiger partial charge in [-0.1, -0.05) is 32.0 Å². The lowest BCUT2D eigenvalue weighted by molar-refractivity contribution is -0.132. The average molecular weight is 383 g/mol. The number of ether oxygens (including phenoxy) is 1. The molecule has 28 heavy (non-hydrogen) atoms. The van der Waals surface area contributed by atoms with Crippen molar-refractivity contribution in [3.8, 4) is 5.75 Å². The first-order valence-corrected chi connectivity index (χ1v) is 9.03. The first kappa shape index (κ1) is 19.6. The van der Waals surface area contributed by atoms with Crippen LogP contribution in [-0.4, -0.2) is 24.5 Å². The fraction of sp³-hybridized carbons (Fsp3) is 0.273. The van der Waals surface area contributed by atoms with Gasteiger partial charge in [0.1, 0.15) is 17.1 Å². The van der Waals surface area contributed by atoms with Gasteiger partial charge in [-0.25, -0.2) is 9.18 Å². The number of nitrogens with zero attached hydrogens (tertiary/aromatic N) is 1. The second-order valence-electron chi connectivity index (χ2n) is 6.96. The number of carbonyl (C=O) groups excluding carboxylic acids is 1. The van der Waals surface area contributed by atoms with Gasteiger partial charge in [-0.15, -0.1) is 0 Å². The van der Waals surface area contributed by atoms with Gasteiger partial charge in [0, 0.05) is 36.7 Å². The number of amides is 1. The predicted octanol–water partition coefficient (Wildman–Crippen LogP) is 4.09. The van der Waals surface area contributed by atoms with Gasteiger partial charge in [0.2, 0.25) is 0 Å². The van der Waals surface area contributed by atoms with Crippen LogP contribution in [-0.2, 0) is 11.3 Å². The molecule has 0 aliphatic heterocycles. The molecule has 3 rings (SSSR count). The second kappa shape index (κ2) is 8.25. The molecule has 0 unspecified atom stereocenters. The lowest BCUT2D eigenvalue weighted by Gasteiger charge is -2.18. The molecule has 0 saturated heterocycles. The maximum Gasteiger partial charge on any atom is 0.336 e. The van der Waals surface area contributed by atoms with Crippen LogP contribution in [0.5, 0.6) is 5.75 Å². The highest BCUT2D eigenvalue weighted by molar-refractivity contribution is 5.82. The van der Waals surface area contributed by atoms with Gasteiger partial charge in [0.25, 0.3) is 5.91 Å². The molecular formula is C22H22FNO4. The van der Waals surface area contributed by atoms with Crippen LogP contribution < -0.4 is 10.4 Å². The summed E-state index contributed by atoms with van der Waals surface area (Å²) in [6, 6.07) is 13.0. The average Bonchev–Trinajstić information content (AvgIpc) is 2.66.